The highest BCUT2D eigenvalue weighted by atomic mass is 16.2. The first-order valence-corrected chi connectivity index (χ1v) is 14.4. The number of piperidine rings is 2. The topological polar surface area (TPSA) is 64.2 Å². The normalized spacial score (nSPS) is 20.2. The lowest BCUT2D eigenvalue weighted by molar-refractivity contribution is -0.141. The van der Waals surface area contributed by atoms with Crippen LogP contribution in [-0.4, -0.2) is 77.4 Å². The minimum atomic E-state index is -0.745. The molecule has 3 saturated heterocycles. The Bertz CT molecular complexity index is 1190. The highest BCUT2D eigenvalue weighted by molar-refractivity contribution is 5.97. The Kier molecular flexibility index (Phi) is 7.45. The average Bonchev–Trinajstić information content (AvgIpc) is 3.19. The standard InChI is InChI=1S/C32H42N4O3/c1-24-14-18-33(19-15-24)28(37)22-35-23-36(27-8-6-5-7-9-27)32(30(35)39)16-20-34(21-17-32)29(38)25-10-12-26(13-11-25)31(2,3)4/h5-13,24H,14-23H2,1-4H3. The summed E-state index contributed by atoms with van der Waals surface area (Å²) in [6.07, 6.45) is 3.11. The fourth-order valence-electron chi connectivity index (χ4n) is 6.22. The van der Waals surface area contributed by atoms with Crippen LogP contribution in [0, 0.1) is 5.92 Å². The third-order valence-electron chi connectivity index (χ3n) is 8.92. The van der Waals surface area contributed by atoms with Crippen molar-refractivity contribution in [2.75, 3.05) is 44.3 Å². The molecule has 0 aromatic heterocycles. The van der Waals surface area contributed by atoms with Crippen molar-refractivity contribution in [2.45, 2.75) is 64.3 Å². The number of para-hydroxylation sites is 1. The predicted octanol–water partition coefficient (Wildman–Crippen LogP) is 4.52. The van der Waals surface area contributed by atoms with E-state index in [1.807, 2.05) is 64.4 Å². The predicted molar refractivity (Wildman–Crippen MR) is 153 cm³/mol. The third-order valence-corrected chi connectivity index (χ3v) is 8.92. The molecule has 3 aliphatic rings. The number of carbonyl (C=O) groups is 3. The summed E-state index contributed by atoms with van der Waals surface area (Å²) in [6.45, 7) is 11.8. The molecule has 7 heteroatoms. The molecule has 208 valence electrons. The Morgan fingerprint density at radius 1 is 0.872 bits per heavy atom. The van der Waals surface area contributed by atoms with E-state index in [0.29, 0.717) is 44.1 Å². The summed E-state index contributed by atoms with van der Waals surface area (Å²) in [5.74, 6) is 0.690. The largest absolute Gasteiger partial charge is 0.341 e. The van der Waals surface area contributed by atoms with Crippen LogP contribution in [-0.2, 0) is 15.0 Å². The molecule has 0 unspecified atom stereocenters. The van der Waals surface area contributed by atoms with Gasteiger partial charge in [-0.3, -0.25) is 14.4 Å². The fourth-order valence-corrected chi connectivity index (χ4v) is 6.22. The number of anilines is 1. The maximum Gasteiger partial charge on any atom is 0.253 e. The summed E-state index contributed by atoms with van der Waals surface area (Å²) < 4.78 is 0. The molecule has 1 spiro atoms. The second kappa shape index (κ2) is 10.7. The summed E-state index contributed by atoms with van der Waals surface area (Å²) in [5, 5.41) is 0. The van der Waals surface area contributed by atoms with Gasteiger partial charge in [0, 0.05) is 37.4 Å². The van der Waals surface area contributed by atoms with Gasteiger partial charge >= 0.3 is 0 Å². The maximum absolute atomic E-state index is 14.0. The number of amides is 3. The van der Waals surface area contributed by atoms with E-state index in [2.05, 4.69) is 32.6 Å². The summed E-state index contributed by atoms with van der Waals surface area (Å²) in [4.78, 5) is 48.2. The molecule has 3 aliphatic heterocycles. The third kappa shape index (κ3) is 5.41. The molecule has 0 bridgehead atoms. The Balaban J connectivity index is 1.31. The van der Waals surface area contributed by atoms with Crippen LogP contribution in [0.15, 0.2) is 54.6 Å². The van der Waals surface area contributed by atoms with Crippen LogP contribution < -0.4 is 4.90 Å². The molecule has 0 radical (unpaired) electrons. The Labute approximate surface area is 232 Å². The van der Waals surface area contributed by atoms with Crippen LogP contribution in [0.4, 0.5) is 5.69 Å². The molecule has 2 aromatic carbocycles. The van der Waals surface area contributed by atoms with Gasteiger partial charge in [0.1, 0.15) is 12.1 Å². The Hall–Kier alpha value is -3.35. The average molecular weight is 531 g/mol. The monoisotopic (exact) mass is 530 g/mol. The van der Waals surface area contributed by atoms with Gasteiger partial charge in [0.2, 0.25) is 5.91 Å². The molecule has 3 amide bonds. The van der Waals surface area contributed by atoms with Crippen molar-refractivity contribution in [3.63, 3.8) is 0 Å². The van der Waals surface area contributed by atoms with Crippen LogP contribution >= 0.6 is 0 Å². The molecule has 3 fully saturated rings. The van der Waals surface area contributed by atoms with Gasteiger partial charge in [0.15, 0.2) is 0 Å². The van der Waals surface area contributed by atoms with Crippen molar-refractivity contribution in [2.24, 2.45) is 5.92 Å². The second-order valence-electron chi connectivity index (χ2n) is 12.6. The van der Waals surface area contributed by atoms with E-state index in [1.54, 1.807) is 4.90 Å². The highest BCUT2D eigenvalue weighted by Crippen LogP contribution is 2.40. The van der Waals surface area contributed by atoms with Crippen LogP contribution in [0.3, 0.4) is 0 Å². The molecule has 0 saturated carbocycles. The quantitative estimate of drug-likeness (QED) is 0.583. The summed E-state index contributed by atoms with van der Waals surface area (Å²) in [6, 6.07) is 17.9. The maximum atomic E-state index is 14.0. The second-order valence-corrected chi connectivity index (χ2v) is 12.6. The number of nitrogens with zero attached hydrogens (tertiary/aromatic N) is 4. The van der Waals surface area contributed by atoms with E-state index in [-0.39, 0.29) is 29.7 Å². The molecule has 2 aromatic rings. The highest BCUT2D eigenvalue weighted by Gasteiger charge is 2.54. The molecule has 0 aliphatic carbocycles. The minimum Gasteiger partial charge on any atom is -0.341 e. The number of likely N-dealkylation sites (tertiary alicyclic amines) is 2. The fraction of sp³-hybridized carbons (Fsp3) is 0.531. The summed E-state index contributed by atoms with van der Waals surface area (Å²) in [5.41, 5.74) is 2.14. The first-order chi connectivity index (χ1) is 18.6. The van der Waals surface area contributed by atoms with Gasteiger partial charge in [-0.1, -0.05) is 58.0 Å². The van der Waals surface area contributed by atoms with Crippen molar-refractivity contribution in [3.05, 3.63) is 65.7 Å². The molecular formula is C32H42N4O3. The van der Waals surface area contributed by atoms with Crippen LogP contribution in [0.25, 0.3) is 0 Å². The summed E-state index contributed by atoms with van der Waals surface area (Å²) in [7, 11) is 0. The van der Waals surface area contributed by atoms with Gasteiger partial charge < -0.3 is 19.6 Å². The lowest BCUT2D eigenvalue weighted by atomic mass is 9.84. The van der Waals surface area contributed by atoms with Crippen LogP contribution in [0.1, 0.15) is 69.3 Å². The van der Waals surface area contributed by atoms with Crippen molar-refractivity contribution in [3.8, 4) is 0 Å². The molecule has 0 N–H and O–H groups in total. The SMILES string of the molecule is CC1CCN(C(=O)CN2CN(c3ccccc3)C3(CCN(C(=O)c4ccc(C(C)(C)C)cc4)CC3)C2=O)CC1. The van der Waals surface area contributed by atoms with Crippen molar-refractivity contribution in [1.29, 1.82) is 0 Å². The van der Waals surface area contributed by atoms with Crippen LogP contribution in [0.5, 0.6) is 0 Å². The first-order valence-electron chi connectivity index (χ1n) is 14.4. The van der Waals surface area contributed by atoms with E-state index >= 15 is 0 Å². The molecule has 0 atom stereocenters. The van der Waals surface area contributed by atoms with Crippen molar-refractivity contribution >= 4 is 23.4 Å². The lowest BCUT2D eigenvalue weighted by Gasteiger charge is -2.43. The van der Waals surface area contributed by atoms with E-state index in [0.717, 1.165) is 31.6 Å². The van der Waals surface area contributed by atoms with E-state index in [4.69, 9.17) is 0 Å². The zero-order valence-electron chi connectivity index (χ0n) is 23.9. The molecule has 5 rings (SSSR count). The van der Waals surface area contributed by atoms with E-state index in [9.17, 15) is 14.4 Å². The van der Waals surface area contributed by atoms with Gasteiger partial charge in [-0.25, -0.2) is 0 Å². The van der Waals surface area contributed by atoms with Gasteiger partial charge in [0.05, 0.1) is 6.67 Å². The first kappa shape index (κ1) is 27.2. The van der Waals surface area contributed by atoms with E-state index in [1.165, 1.54) is 5.56 Å². The van der Waals surface area contributed by atoms with Crippen molar-refractivity contribution < 1.29 is 14.4 Å². The van der Waals surface area contributed by atoms with Crippen molar-refractivity contribution in [1.82, 2.24) is 14.7 Å². The smallest absolute Gasteiger partial charge is 0.253 e. The van der Waals surface area contributed by atoms with Gasteiger partial charge in [-0.15, -0.1) is 0 Å². The summed E-state index contributed by atoms with van der Waals surface area (Å²) >= 11 is 0. The Morgan fingerprint density at radius 2 is 1.49 bits per heavy atom. The van der Waals surface area contributed by atoms with Gasteiger partial charge in [-0.05, 0) is 66.8 Å². The molecule has 39 heavy (non-hydrogen) atoms. The lowest BCUT2D eigenvalue weighted by Crippen LogP contribution is -2.57. The van der Waals surface area contributed by atoms with Gasteiger partial charge in [0.25, 0.3) is 11.8 Å². The molecule has 7 nitrogen and oxygen atoms in total. The van der Waals surface area contributed by atoms with Gasteiger partial charge in [-0.2, -0.15) is 0 Å². The molecular weight excluding hydrogens is 488 g/mol. The number of rotatable bonds is 4. The number of carbonyl (C=O) groups excluding carboxylic acids is 3. The zero-order valence-corrected chi connectivity index (χ0v) is 23.9. The Morgan fingerprint density at radius 3 is 2.08 bits per heavy atom. The number of hydrogen-bond donors (Lipinski definition) is 0. The minimum absolute atomic E-state index is 0.00621. The van der Waals surface area contributed by atoms with Crippen LogP contribution in [0.2, 0.25) is 0 Å². The molecule has 3 heterocycles. The zero-order chi connectivity index (χ0) is 27.8. The number of benzene rings is 2. The number of hydrogen-bond acceptors (Lipinski definition) is 4. The van der Waals surface area contributed by atoms with E-state index < -0.39 is 5.54 Å².